The minimum absolute atomic E-state index is 0.416. The molecule has 0 aliphatic carbocycles. The van der Waals surface area contributed by atoms with Crippen LogP contribution in [0.3, 0.4) is 0 Å². The highest BCUT2D eigenvalue weighted by molar-refractivity contribution is 5.85. The number of hydrogen-bond donors (Lipinski definition) is 1. The van der Waals surface area contributed by atoms with Gasteiger partial charge in [0.25, 0.3) is 0 Å². The molecule has 0 atom stereocenters. The number of rotatable bonds is 17. The zero-order chi connectivity index (χ0) is 41.2. The summed E-state index contributed by atoms with van der Waals surface area (Å²) in [5.74, 6) is 0. The van der Waals surface area contributed by atoms with E-state index in [4.69, 9.17) is 9.57 Å². The van der Waals surface area contributed by atoms with Gasteiger partial charge in [0, 0.05) is 5.69 Å². The van der Waals surface area contributed by atoms with E-state index in [0.717, 1.165) is 93.1 Å². The van der Waals surface area contributed by atoms with Crippen LogP contribution in [-0.2, 0) is 33.6 Å². The lowest BCUT2D eigenvalue weighted by Gasteiger charge is -2.14. The number of benzene rings is 6. The Morgan fingerprint density at radius 2 is 1.00 bits per heavy atom. The molecule has 0 saturated carbocycles. The van der Waals surface area contributed by atoms with E-state index in [1.54, 1.807) is 0 Å². The Balaban J connectivity index is 0.955. The van der Waals surface area contributed by atoms with E-state index in [2.05, 4.69) is 74.6 Å². The summed E-state index contributed by atoms with van der Waals surface area (Å²) < 4.78 is 5.25. The van der Waals surface area contributed by atoms with Crippen molar-refractivity contribution in [3.63, 3.8) is 0 Å². The normalized spacial score (nSPS) is 10.4. The van der Waals surface area contributed by atoms with Gasteiger partial charge in [0.2, 0.25) is 6.41 Å². The summed E-state index contributed by atoms with van der Waals surface area (Å²) in [5, 5.41) is 4.04. The van der Waals surface area contributed by atoms with Gasteiger partial charge in [-0.25, -0.2) is 4.79 Å². The predicted octanol–water partition coefficient (Wildman–Crippen LogP) is 11.9. The number of carbonyl (C=O) groups excluding carboxylic acids is 2. The summed E-state index contributed by atoms with van der Waals surface area (Å²) in [6.45, 7) is 4.44. The molecule has 0 spiro atoms. The second-order valence-electron chi connectivity index (χ2n) is 13.9. The van der Waals surface area contributed by atoms with Gasteiger partial charge in [-0.1, -0.05) is 86.1 Å². The third kappa shape index (κ3) is 12.9. The Morgan fingerprint density at radius 1 is 0.610 bits per heavy atom. The highest BCUT2D eigenvalue weighted by Gasteiger charge is 2.08. The molecule has 0 aliphatic rings. The van der Waals surface area contributed by atoms with E-state index >= 15 is 0 Å². The number of amides is 2. The number of aliphatic imine (C=N–C) groups is 4. The maximum atomic E-state index is 12.2. The first kappa shape index (κ1) is 41.4. The molecule has 2 amide bonds. The molecule has 0 saturated heterocycles. The lowest BCUT2D eigenvalue weighted by molar-refractivity contribution is -0.112. The van der Waals surface area contributed by atoms with Crippen molar-refractivity contribution in [2.75, 3.05) is 24.1 Å². The number of aryl methyl sites for hydroxylation is 1. The second-order valence-corrected chi connectivity index (χ2v) is 13.9. The topological polar surface area (TPSA) is 117 Å². The molecule has 0 unspecified atom stereocenters. The molecule has 10 heteroatoms. The third-order valence-electron chi connectivity index (χ3n) is 9.44. The van der Waals surface area contributed by atoms with Gasteiger partial charge < -0.3 is 4.74 Å². The van der Waals surface area contributed by atoms with Gasteiger partial charge in [-0.05, 0) is 138 Å². The van der Waals surface area contributed by atoms with Gasteiger partial charge in [-0.2, -0.15) is 25.0 Å². The van der Waals surface area contributed by atoms with Crippen molar-refractivity contribution in [3.05, 3.63) is 178 Å². The fourth-order valence-corrected chi connectivity index (χ4v) is 6.08. The van der Waals surface area contributed by atoms with Crippen LogP contribution in [-0.4, -0.2) is 38.2 Å². The average Bonchev–Trinajstić information content (AvgIpc) is 3.26. The van der Waals surface area contributed by atoms with Crippen LogP contribution in [0.2, 0.25) is 0 Å². The van der Waals surface area contributed by atoms with Gasteiger partial charge in [-0.15, -0.1) is 0 Å². The lowest BCUT2D eigenvalue weighted by atomic mass is 10.0. The number of ether oxygens (including phenoxy) is 1. The molecule has 6 aromatic carbocycles. The van der Waals surface area contributed by atoms with Crippen LogP contribution in [0.4, 0.5) is 38.9 Å². The molecular weight excluding hydrogens is 737 g/mol. The standard InChI is InChI=1S/C49H46N6O4/c1-4-5-28-59-49(57)54-48-32-42(7-6-36(48)2)31-40-14-24-46(25-15-40)53-34-52-44-20-10-38(11-21-44)29-37-8-18-43(19-9-37)50-33-51-45-22-12-39(13-23-45)30-41-16-26-47(27-17-41)55(35-56)58-3/h6-27,32,35H,4-5,28-31H2,1-3H3,(H,54,57). The van der Waals surface area contributed by atoms with Crippen molar-refractivity contribution in [1.29, 1.82) is 0 Å². The number of carbonyl (C=O) groups is 2. The first-order valence-corrected chi connectivity index (χ1v) is 19.5. The fraction of sp³-hybridized carbons (Fsp3) is 0.184. The monoisotopic (exact) mass is 782 g/mol. The first-order chi connectivity index (χ1) is 28.9. The van der Waals surface area contributed by atoms with E-state index < -0.39 is 6.09 Å². The third-order valence-corrected chi connectivity index (χ3v) is 9.44. The van der Waals surface area contributed by atoms with E-state index in [1.165, 1.54) is 12.2 Å². The first-order valence-electron chi connectivity index (χ1n) is 19.5. The molecule has 0 fully saturated rings. The Morgan fingerprint density at radius 3 is 1.39 bits per heavy atom. The highest BCUT2D eigenvalue weighted by Crippen LogP contribution is 2.23. The summed E-state index contributed by atoms with van der Waals surface area (Å²) >= 11 is 0. The molecule has 6 aromatic rings. The Labute approximate surface area is 345 Å². The van der Waals surface area contributed by atoms with E-state index in [-0.39, 0.29) is 0 Å². The van der Waals surface area contributed by atoms with Crippen LogP contribution < -0.4 is 10.4 Å². The highest BCUT2D eigenvalue weighted by atomic mass is 16.7. The number of hydroxylamine groups is 1. The SMILES string of the molecule is CCCCOC(=O)Nc1cc(Cc2ccc(N=C=Nc3ccc(Cc4ccc(N=C=Nc5ccc(Cc6ccc(N(C=O)OC)cc6)cc5)cc4)cc3)cc2)ccc1C. The van der Waals surface area contributed by atoms with Gasteiger partial charge in [0.05, 0.1) is 42.2 Å². The summed E-state index contributed by atoms with van der Waals surface area (Å²) in [4.78, 5) is 45.8. The zero-order valence-electron chi connectivity index (χ0n) is 33.5. The molecule has 10 nitrogen and oxygen atoms in total. The smallest absolute Gasteiger partial charge is 0.411 e. The number of anilines is 2. The molecule has 0 bridgehead atoms. The largest absolute Gasteiger partial charge is 0.449 e. The summed E-state index contributed by atoms with van der Waals surface area (Å²) in [5.41, 5.74) is 12.3. The summed E-state index contributed by atoms with van der Waals surface area (Å²) in [6, 6.07) is 51.3. The maximum absolute atomic E-state index is 12.2. The summed E-state index contributed by atoms with van der Waals surface area (Å²) in [7, 11) is 1.45. The van der Waals surface area contributed by atoms with Crippen LogP contribution in [0.1, 0.15) is 58.7 Å². The molecule has 6 rings (SSSR count). The van der Waals surface area contributed by atoms with Gasteiger partial charge >= 0.3 is 6.09 Å². The van der Waals surface area contributed by atoms with Gasteiger partial charge in [0.15, 0.2) is 0 Å². The number of unbranched alkanes of at least 4 members (excludes halogenated alkanes) is 1. The molecule has 296 valence electrons. The van der Waals surface area contributed by atoms with E-state index in [0.29, 0.717) is 25.1 Å². The van der Waals surface area contributed by atoms with Crippen LogP contribution in [0.5, 0.6) is 0 Å². The maximum Gasteiger partial charge on any atom is 0.411 e. The number of nitrogens with one attached hydrogen (secondary N) is 1. The van der Waals surface area contributed by atoms with Crippen molar-refractivity contribution >= 4 is 58.6 Å². The van der Waals surface area contributed by atoms with Gasteiger partial charge in [0.1, 0.15) is 12.0 Å². The van der Waals surface area contributed by atoms with E-state index in [1.807, 2.05) is 116 Å². The lowest BCUT2D eigenvalue weighted by Crippen LogP contribution is -2.18. The zero-order valence-corrected chi connectivity index (χ0v) is 33.5. The molecule has 0 aliphatic heterocycles. The van der Waals surface area contributed by atoms with Crippen LogP contribution in [0, 0.1) is 6.92 Å². The minimum Gasteiger partial charge on any atom is -0.449 e. The van der Waals surface area contributed by atoms with Crippen LogP contribution in [0.15, 0.2) is 159 Å². The molecule has 0 aromatic heterocycles. The Bertz CT molecular complexity index is 2430. The molecule has 0 radical (unpaired) electrons. The molecule has 1 N–H and O–H groups in total. The molecular formula is C49H46N6O4. The van der Waals surface area contributed by atoms with Crippen LogP contribution in [0.25, 0.3) is 0 Å². The van der Waals surface area contributed by atoms with E-state index in [9.17, 15) is 9.59 Å². The van der Waals surface area contributed by atoms with Crippen molar-refractivity contribution in [3.8, 4) is 0 Å². The van der Waals surface area contributed by atoms with Crippen molar-refractivity contribution in [1.82, 2.24) is 0 Å². The fourth-order valence-electron chi connectivity index (χ4n) is 6.08. The quantitative estimate of drug-likeness (QED) is 0.0429. The minimum atomic E-state index is -0.426. The Kier molecular flexibility index (Phi) is 15.0. The van der Waals surface area contributed by atoms with Crippen molar-refractivity contribution in [2.24, 2.45) is 20.0 Å². The van der Waals surface area contributed by atoms with Crippen LogP contribution >= 0.6 is 0 Å². The number of hydrogen-bond acceptors (Lipinski definition) is 8. The van der Waals surface area contributed by atoms with Crippen molar-refractivity contribution in [2.45, 2.75) is 46.0 Å². The number of nitrogens with zero attached hydrogens (tertiary/aromatic N) is 5. The van der Waals surface area contributed by atoms with Gasteiger partial charge in [-0.3, -0.25) is 14.9 Å². The molecule has 59 heavy (non-hydrogen) atoms. The second kappa shape index (κ2) is 21.3. The van der Waals surface area contributed by atoms with Crippen molar-refractivity contribution < 1.29 is 19.2 Å². The average molecular weight is 783 g/mol. The molecule has 0 heterocycles. The predicted molar refractivity (Wildman–Crippen MR) is 236 cm³/mol. The Hall–Kier alpha value is -7.22. The summed E-state index contributed by atoms with van der Waals surface area (Å²) in [6.07, 6.45) is 4.27.